The predicted octanol–water partition coefficient (Wildman–Crippen LogP) is 2.50. The lowest BCUT2D eigenvalue weighted by Crippen LogP contribution is -2.28. The van der Waals surface area contributed by atoms with E-state index in [0.717, 1.165) is 0 Å². The van der Waals surface area contributed by atoms with Crippen molar-refractivity contribution in [2.24, 2.45) is 0 Å². The minimum atomic E-state index is -5.02. The summed E-state index contributed by atoms with van der Waals surface area (Å²) >= 11 is 1.42. The first-order valence-electron chi connectivity index (χ1n) is 9.19. The number of unbranched alkanes of at least 4 members (excludes halogenated alkanes) is 2. The van der Waals surface area contributed by atoms with Crippen LogP contribution in [0.5, 0.6) is 0 Å². The van der Waals surface area contributed by atoms with Gasteiger partial charge in [-0.25, -0.2) is 14.2 Å². The van der Waals surface area contributed by atoms with Crippen molar-refractivity contribution in [2.45, 2.75) is 51.5 Å². The first-order valence-corrected chi connectivity index (χ1v) is 13.6. The van der Waals surface area contributed by atoms with Crippen molar-refractivity contribution < 1.29 is 52.3 Å². The molecule has 0 aromatic carbocycles. The number of hydrogen-bond acceptors (Lipinski definition) is 8. The van der Waals surface area contributed by atoms with Gasteiger partial charge in [-0.05, 0) is 32.4 Å². The Morgan fingerprint density at radius 3 is 2.03 bits per heavy atom. The van der Waals surface area contributed by atoms with Gasteiger partial charge in [0.25, 0.3) is 0 Å². The highest BCUT2D eigenvalue weighted by atomic mass is 32.2. The zero-order valence-electron chi connectivity index (χ0n) is 17.5. The summed E-state index contributed by atoms with van der Waals surface area (Å²) < 4.78 is 36.5. The summed E-state index contributed by atoms with van der Waals surface area (Å²) in [7, 11) is -9.83. The van der Waals surface area contributed by atoms with E-state index in [9.17, 15) is 18.7 Å². The lowest BCUT2D eigenvalue weighted by atomic mass is 10.2. The van der Waals surface area contributed by atoms with Gasteiger partial charge in [0, 0.05) is 16.9 Å². The highest BCUT2D eigenvalue weighted by Crippen LogP contribution is 2.52. The van der Waals surface area contributed by atoms with Crippen molar-refractivity contribution in [3.05, 3.63) is 24.3 Å². The van der Waals surface area contributed by atoms with Crippen molar-refractivity contribution in [3.8, 4) is 0 Å². The van der Waals surface area contributed by atoms with Gasteiger partial charge < -0.3 is 29.0 Å². The predicted molar refractivity (Wildman–Crippen MR) is 115 cm³/mol. The molecule has 2 atom stereocenters. The summed E-state index contributed by atoms with van der Waals surface area (Å²) in [5.41, 5.74) is 0.423. The Balaban J connectivity index is 4.40. The smallest absolute Gasteiger partial charge is 0.458 e. The molecule has 0 fully saturated rings. The largest absolute Gasteiger partial charge is 0.470 e. The van der Waals surface area contributed by atoms with Crippen LogP contribution < -0.4 is 0 Å². The number of rotatable bonds is 16. The van der Waals surface area contributed by atoms with Crippen molar-refractivity contribution in [1.82, 2.24) is 0 Å². The third-order valence-electron chi connectivity index (χ3n) is 3.55. The molecule has 0 heterocycles. The number of phosphoric ester groups is 1. The molecule has 0 amide bonds. The van der Waals surface area contributed by atoms with E-state index in [0.29, 0.717) is 24.3 Å². The molecule has 0 aliphatic carbocycles. The zero-order chi connectivity index (χ0) is 24.2. The van der Waals surface area contributed by atoms with Crippen molar-refractivity contribution in [1.29, 1.82) is 0 Å². The molecule has 0 aromatic rings. The van der Waals surface area contributed by atoms with Crippen molar-refractivity contribution >= 4 is 39.1 Å². The van der Waals surface area contributed by atoms with Gasteiger partial charge in [-0.15, -0.1) is 0 Å². The average Bonchev–Trinajstić information content (AvgIpc) is 2.61. The van der Waals surface area contributed by atoms with Crippen molar-refractivity contribution in [3.63, 3.8) is 0 Å². The zero-order valence-corrected chi connectivity index (χ0v) is 20.1. The van der Waals surface area contributed by atoms with E-state index in [1.165, 1.54) is 25.6 Å². The molecule has 0 aliphatic rings. The maximum absolute atomic E-state index is 11.7. The number of hydrogen-bond donors (Lipinski definition) is 4. The van der Waals surface area contributed by atoms with Gasteiger partial charge in [-0.1, -0.05) is 26.0 Å². The molecule has 0 aliphatic heterocycles. The molecule has 0 spiro atoms. The Hall–Kier alpha value is -0.970. The van der Waals surface area contributed by atoms with E-state index in [-0.39, 0.29) is 30.6 Å². The molecule has 180 valence electrons. The van der Waals surface area contributed by atoms with Crippen LogP contribution in [-0.2, 0) is 32.7 Å². The third kappa shape index (κ3) is 15.5. The summed E-state index contributed by atoms with van der Waals surface area (Å²) in [5, 5.41) is 0. The van der Waals surface area contributed by atoms with E-state index in [1.807, 2.05) is 0 Å². The summed E-state index contributed by atoms with van der Waals surface area (Å²) in [5.74, 6) is -2.12. The van der Waals surface area contributed by atoms with Crippen LogP contribution in [0.4, 0.5) is 0 Å². The van der Waals surface area contributed by atoms with E-state index in [2.05, 4.69) is 17.7 Å². The number of thioether (sulfide) groups is 1. The quantitative estimate of drug-likeness (QED) is 0.105. The normalized spacial score (nSPS) is 13.9. The van der Waals surface area contributed by atoms with Gasteiger partial charge in [0.2, 0.25) is 0 Å². The topological polar surface area (TPSA) is 177 Å². The highest BCUT2D eigenvalue weighted by molar-refractivity contribution is 7.99. The van der Waals surface area contributed by atoms with Crippen molar-refractivity contribution in [2.75, 3.05) is 18.1 Å². The van der Waals surface area contributed by atoms with E-state index >= 15 is 0 Å². The van der Waals surface area contributed by atoms with E-state index in [1.54, 1.807) is 0 Å². The standard InChI is InChI=1S/C17H30O11P2S/c1-12(2)16(18)26-10-14(27-17(19)13(3)4)11-31-9-7-5-6-8-15(29(20,21)22)28-30(23,24)25/h14-15H,1,3,5-11H2,2,4H3,(H2,20,21,22)(H2,23,24,25). The Morgan fingerprint density at radius 1 is 0.968 bits per heavy atom. The molecule has 0 rings (SSSR count). The van der Waals surface area contributed by atoms with Crippen LogP contribution in [0.25, 0.3) is 0 Å². The fourth-order valence-electron chi connectivity index (χ4n) is 2.02. The molecule has 11 nitrogen and oxygen atoms in total. The van der Waals surface area contributed by atoms with Crippen LogP contribution >= 0.6 is 27.2 Å². The number of phosphoric acid groups is 1. The van der Waals surface area contributed by atoms with Gasteiger partial charge in [-0.2, -0.15) is 11.8 Å². The molecule has 0 bridgehead atoms. The van der Waals surface area contributed by atoms with Gasteiger partial charge in [0.05, 0.1) is 0 Å². The number of esters is 2. The summed E-state index contributed by atoms with van der Waals surface area (Å²) in [6.45, 7) is 9.82. The second-order valence-corrected chi connectivity index (χ2v) is 10.8. The minimum absolute atomic E-state index is 0.138. The first-order chi connectivity index (χ1) is 14.1. The first kappa shape index (κ1) is 30.0. The second kappa shape index (κ2) is 14.2. The Bertz CT molecular complexity index is 728. The molecule has 0 saturated heterocycles. The molecule has 2 unspecified atom stereocenters. The number of carbonyl (C=O) groups excluding carboxylic acids is 2. The van der Waals surface area contributed by atoms with Crippen LogP contribution in [0.1, 0.15) is 39.5 Å². The fraction of sp³-hybridized carbons (Fsp3) is 0.647. The van der Waals surface area contributed by atoms with Crippen LogP contribution in [0.2, 0.25) is 0 Å². The van der Waals surface area contributed by atoms with E-state index in [4.69, 9.17) is 29.0 Å². The SMILES string of the molecule is C=C(C)C(=O)OCC(CSCCCCCC(OP(=O)(O)O)P(=O)(O)O)OC(=O)C(=C)C. The maximum atomic E-state index is 11.7. The molecule has 31 heavy (non-hydrogen) atoms. The molecular formula is C17H30O11P2S. The van der Waals surface area contributed by atoms with Gasteiger partial charge in [0.1, 0.15) is 12.7 Å². The number of ether oxygens (including phenoxy) is 2. The van der Waals surface area contributed by atoms with Gasteiger partial charge in [0.15, 0.2) is 5.85 Å². The van der Waals surface area contributed by atoms with Gasteiger partial charge in [-0.3, -0.25) is 9.09 Å². The fourth-order valence-corrected chi connectivity index (χ4v) is 4.82. The Kier molecular flexibility index (Phi) is 13.8. The van der Waals surface area contributed by atoms with Gasteiger partial charge >= 0.3 is 27.4 Å². The lowest BCUT2D eigenvalue weighted by Gasteiger charge is -2.19. The minimum Gasteiger partial charge on any atom is -0.458 e. The lowest BCUT2D eigenvalue weighted by molar-refractivity contribution is -0.152. The molecule has 14 heteroatoms. The third-order valence-corrected chi connectivity index (χ3v) is 6.54. The molecule has 0 saturated carbocycles. The monoisotopic (exact) mass is 504 g/mol. The summed E-state index contributed by atoms with van der Waals surface area (Å²) in [4.78, 5) is 59.0. The molecule has 0 aromatic heterocycles. The Labute approximate surface area is 185 Å². The Morgan fingerprint density at radius 2 is 1.55 bits per heavy atom. The van der Waals surface area contributed by atoms with Crippen LogP contribution in [-0.4, -0.2) is 61.6 Å². The van der Waals surface area contributed by atoms with Crippen LogP contribution in [0, 0.1) is 0 Å². The average molecular weight is 504 g/mol. The maximum Gasteiger partial charge on any atom is 0.470 e. The van der Waals surface area contributed by atoms with Crippen LogP contribution in [0.3, 0.4) is 0 Å². The molecular weight excluding hydrogens is 474 g/mol. The van der Waals surface area contributed by atoms with Crippen LogP contribution in [0.15, 0.2) is 24.3 Å². The molecule has 4 N–H and O–H groups in total. The second-order valence-electron chi connectivity index (χ2n) is 6.75. The summed E-state index contributed by atoms with van der Waals surface area (Å²) in [6.07, 6.45) is 0.528. The van der Waals surface area contributed by atoms with E-state index < -0.39 is 39.3 Å². The highest BCUT2D eigenvalue weighted by Gasteiger charge is 2.35. The number of carbonyl (C=O) groups is 2. The summed E-state index contributed by atoms with van der Waals surface area (Å²) in [6, 6.07) is 0. The molecule has 0 radical (unpaired) electrons.